The lowest BCUT2D eigenvalue weighted by molar-refractivity contribution is -0.129. The fourth-order valence-electron chi connectivity index (χ4n) is 5.19. The zero-order valence-electron chi connectivity index (χ0n) is 18.9. The molecular weight excluding hydrogens is 436 g/mol. The number of hydrogen-bond acceptors (Lipinski definition) is 3. The average molecular weight is 459 g/mol. The minimum atomic E-state index is -1.38. The number of carbonyl (C=O) groups excluding carboxylic acids is 3. The largest absolute Gasteiger partial charge is 0.325 e. The Kier molecular flexibility index (Phi) is 4.85. The van der Waals surface area contributed by atoms with E-state index < -0.39 is 17.5 Å². The third-order valence-corrected chi connectivity index (χ3v) is 6.94. The van der Waals surface area contributed by atoms with Crippen molar-refractivity contribution in [3.8, 4) is 11.1 Å². The van der Waals surface area contributed by atoms with Crippen molar-refractivity contribution >= 4 is 17.7 Å². The molecular formula is C30H22N2O3. The molecule has 4 aromatic rings. The average Bonchev–Trinajstić information content (AvgIpc) is 3.40. The van der Waals surface area contributed by atoms with Gasteiger partial charge in [-0.3, -0.25) is 14.5 Å². The van der Waals surface area contributed by atoms with E-state index >= 15 is 0 Å². The van der Waals surface area contributed by atoms with Crippen LogP contribution in [-0.4, -0.2) is 29.2 Å². The van der Waals surface area contributed by atoms with Crippen LogP contribution in [0.5, 0.6) is 0 Å². The van der Waals surface area contributed by atoms with Crippen molar-refractivity contribution in [1.82, 2.24) is 10.2 Å². The van der Waals surface area contributed by atoms with Crippen LogP contribution in [0.1, 0.15) is 32.6 Å². The van der Waals surface area contributed by atoms with Gasteiger partial charge in [-0.1, -0.05) is 97.1 Å². The van der Waals surface area contributed by atoms with Crippen molar-refractivity contribution < 1.29 is 14.4 Å². The van der Waals surface area contributed by atoms with Gasteiger partial charge < -0.3 is 5.32 Å². The molecule has 1 heterocycles. The molecule has 0 atom stereocenters. The van der Waals surface area contributed by atoms with Crippen molar-refractivity contribution in [2.24, 2.45) is 0 Å². The highest BCUT2D eigenvalue weighted by atomic mass is 16.2. The molecule has 0 bridgehead atoms. The predicted molar refractivity (Wildman–Crippen MR) is 133 cm³/mol. The van der Waals surface area contributed by atoms with Gasteiger partial charge in [0.05, 0.1) is 6.54 Å². The fraction of sp³-hybridized carbons (Fsp3) is 0.100. The Bertz CT molecular complexity index is 1440. The van der Waals surface area contributed by atoms with Gasteiger partial charge in [-0.2, -0.15) is 0 Å². The molecule has 1 N–H and O–H groups in total. The third kappa shape index (κ3) is 3.28. The summed E-state index contributed by atoms with van der Waals surface area (Å²) in [7, 11) is 0. The SMILES string of the molecule is O=C(CN1C(=O)NC(c2ccccc2)(c2ccccc2)C1=O)c1ccc2c(c1)-c1ccccc1C2. The van der Waals surface area contributed by atoms with E-state index in [0.717, 1.165) is 22.4 Å². The number of Topliss-reactive ketones (excluding diaryl/α,β-unsaturated/α-hetero) is 1. The molecule has 0 unspecified atom stereocenters. The molecule has 0 spiro atoms. The van der Waals surface area contributed by atoms with Crippen molar-refractivity contribution in [2.75, 3.05) is 6.54 Å². The lowest BCUT2D eigenvalue weighted by atomic mass is 9.82. The first kappa shape index (κ1) is 21.1. The van der Waals surface area contributed by atoms with Gasteiger partial charge in [0.1, 0.15) is 0 Å². The van der Waals surface area contributed by atoms with E-state index in [1.165, 1.54) is 11.1 Å². The quantitative estimate of drug-likeness (QED) is 0.300. The van der Waals surface area contributed by atoms with Crippen LogP contribution in [0.25, 0.3) is 11.1 Å². The van der Waals surface area contributed by atoms with E-state index in [4.69, 9.17) is 0 Å². The standard InChI is InChI=1S/C30H22N2O3/c33-27(22-16-15-21-17-20-9-7-8-14-25(20)26(21)18-22)19-32-28(34)30(31-29(32)35,23-10-3-1-4-11-23)24-12-5-2-6-13-24/h1-16,18H,17,19H2,(H,31,35). The number of hydrogen-bond donors (Lipinski definition) is 1. The summed E-state index contributed by atoms with van der Waals surface area (Å²) in [5.41, 5.74) is 4.96. The summed E-state index contributed by atoms with van der Waals surface area (Å²) in [4.78, 5) is 41.3. The molecule has 1 aliphatic carbocycles. The third-order valence-electron chi connectivity index (χ3n) is 6.94. The van der Waals surface area contributed by atoms with Crippen LogP contribution >= 0.6 is 0 Å². The van der Waals surface area contributed by atoms with Crippen LogP contribution in [0.15, 0.2) is 103 Å². The molecule has 4 aromatic carbocycles. The summed E-state index contributed by atoms with van der Waals surface area (Å²) in [6, 6.07) is 31.5. The second kappa shape index (κ2) is 8.06. The van der Waals surface area contributed by atoms with E-state index in [2.05, 4.69) is 17.4 Å². The summed E-state index contributed by atoms with van der Waals surface area (Å²) >= 11 is 0. The molecule has 1 aliphatic heterocycles. The van der Waals surface area contributed by atoms with E-state index in [9.17, 15) is 14.4 Å². The Morgan fingerprint density at radius 3 is 2.03 bits per heavy atom. The van der Waals surface area contributed by atoms with Crippen molar-refractivity contribution in [3.63, 3.8) is 0 Å². The molecule has 2 aliphatic rings. The van der Waals surface area contributed by atoms with E-state index in [1.54, 1.807) is 6.07 Å². The summed E-state index contributed by atoms with van der Waals surface area (Å²) in [6.07, 6.45) is 0.837. The maximum absolute atomic E-state index is 13.8. The number of carbonyl (C=O) groups is 3. The Balaban J connectivity index is 1.34. The van der Waals surface area contributed by atoms with Gasteiger partial charge in [-0.05, 0) is 45.9 Å². The minimum absolute atomic E-state index is 0.280. The Hall–Kier alpha value is -4.51. The minimum Gasteiger partial charge on any atom is -0.315 e. The van der Waals surface area contributed by atoms with Crippen LogP contribution in [0, 0.1) is 0 Å². The van der Waals surface area contributed by atoms with E-state index in [1.807, 2.05) is 84.9 Å². The summed E-state index contributed by atoms with van der Waals surface area (Å²) < 4.78 is 0. The monoisotopic (exact) mass is 458 g/mol. The summed E-state index contributed by atoms with van der Waals surface area (Å²) in [6.45, 7) is -0.327. The molecule has 3 amide bonds. The van der Waals surface area contributed by atoms with Gasteiger partial charge in [0.2, 0.25) is 0 Å². The second-order valence-corrected chi connectivity index (χ2v) is 8.93. The maximum atomic E-state index is 13.8. The second-order valence-electron chi connectivity index (χ2n) is 8.93. The Labute approximate surface area is 203 Å². The number of ketones is 1. The number of amides is 3. The molecule has 5 nitrogen and oxygen atoms in total. The number of rotatable bonds is 5. The summed E-state index contributed by atoms with van der Waals surface area (Å²) in [5, 5.41) is 2.90. The van der Waals surface area contributed by atoms with Crippen molar-refractivity contribution in [2.45, 2.75) is 12.0 Å². The first-order valence-corrected chi connectivity index (χ1v) is 11.6. The summed E-state index contributed by atoms with van der Waals surface area (Å²) in [5.74, 6) is -0.739. The smallest absolute Gasteiger partial charge is 0.315 e. The molecule has 0 saturated carbocycles. The van der Waals surface area contributed by atoms with Gasteiger partial charge in [0, 0.05) is 5.56 Å². The van der Waals surface area contributed by atoms with Gasteiger partial charge in [0.25, 0.3) is 5.91 Å². The zero-order chi connectivity index (χ0) is 24.0. The number of nitrogens with zero attached hydrogens (tertiary/aromatic N) is 1. The van der Waals surface area contributed by atoms with E-state index in [0.29, 0.717) is 16.7 Å². The van der Waals surface area contributed by atoms with Gasteiger partial charge in [0.15, 0.2) is 11.3 Å². The van der Waals surface area contributed by atoms with Crippen molar-refractivity contribution in [1.29, 1.82) is 0 Å². The highest BCUT2D eigenvalue weighted by molar-refractivity contribution is 6.13. The van der Waals surface area contributed by atoms with Gasteiger partial charge in [-0.25, -0.2) is 4.79 Å². The topological polar surface area (TPSA) is 66.5 Å². The van der Waals surface area contributed by atoms with Gasteiger partial charge in [-0.15, -0.1) is 0 Å². The predicted octanol–water partition coefficient (Wildman–Crippen LogP) is 4.94. The molecule has 35 heavy (non-hydrogen) atoms. The normalized spacial score (nSPS) is 15.5. The molecule has 1 fully saturated rings. The van der Waals surface area contributed by atoms with Gasteiger partial charge >= 0.3 is 6.03 Å². The van der Waals surface area contributed by atoms with Crippen LogP contribution in [-0.2, 0) is 16.8 Å². The van der Waals surface area contributed by atoms with Crippen LogP contribution in [0.2, 0.25) is 0 Å². The highest BCUT2D eigenvalue weighted by Crippen LogP contribution is 2.38. The lowest BCUT2D eigenvalue weighted by Gasteiger charge is -2.28. The number of imide groups is 1. The van der Waals surface area contributed by atoms with Crippen LogP contribution in [0.3, 0.4) is 0 Å². The van der Waals surface area contributed by atoms with Crippen LogP contribution in [0.4, 0.5) is 4.79 Å². The number of fused-ring (bicyclic) bond motifs is 3. The number of benzene rings is 4. The van der Waals surface area contributed by atoms with Crippen LogP contribution < -0.4 is 5.32 Å². The van der Waals surface area contributed by atoms with Crippen molar-refractivity contribution in [3.05, 3.63) is 131 Å². The lowest BCUT2D eigenvalue weighted by Crippen LogP contribution is -2.45. The van der Waals surface area contributed by atoms with E-state index in [-0.39, 0.29) is 12.3 Å². The molecule has 0 radical (unpaired) electrons. The Morgan fingerprint density at radius 1 is 0.743 bits per heavy atom. The zero-order valence-corrected chi connectivity index (χ0v) is 18.9. The number of nitrogens with one attached hydrogen (secondary N) is 1. The number of urea groups is 1. The first-order valence-electron chi connectivity index (χ1n) is 11.6. The Morgan fingerprint density at radius 2 is 1.34 bits per heavy atom. The molecule has 1 saturated heterocycles. The fourth-order valence-corrected chi connectivity index (χ4v) is 5.19. The molecule has 6 rings (SSSR count). The maximum Gasteiger partial charge on any atom is 0.325 e. The first-order chi connectivity index (χ1) is 17.1. The molecule has 0 aromatic heterocycles. The molecule has 170 valence electrons. The highest BCUT2D eigenvalue weighted by Gasteiger charge is 2.54. The molecule has 5 heteroatoms.